The lowest BCUT2D eigenvalue weighted by molar-refractivity contribution is 0.415. The lowest BCUT2D eigenvalue weighted by atomic mass is 9.92. The van der Waals surface area contributed by atoms with Crippen molar-refractivity contribution in [1.82, 2.24) is 9.38 Å². The first-order chi connectivity index (χ1) is 9.36. The molecule has 1 aliphatic carbocycles. The van der Waals surface area contributed by atoms with E-state index in [0.717, 1.165) is 29.9 Å². The van der Waals surface area contributed by atoms with Crippen LogP contribution in [0.4, 0.5) is 0 Å². The Balaban J connectivity index is 2.02. The highest BCUT2D eigenvalue weighted by Gasteiger charge is 2.21. The summed E-state index contributed by atoms with van der Waals surface area (Å²) in [5.41, 5.74) is 5.99. The molecule has 0 saturated heterocycles. The molecule has 2 heterocycles. The Morgan fingerprint density at radius 3 is 3.00 bits per heavy atom. The van der Waals surface area contributed by atoms with Crippen molar-refractivity contribution in [1.29, 1.82) is 0 Å². The van der Waals surface area contributed by atoms with Crippen LogP contribution in [0.2, 0.25) is 0 Å². The van der Waals surface area contributed by atoms with Gasteiger partial charge in [-0.2, -0.15) is 0 Å². The van der Waals surface area contributed by atoms with Crippen LogP contribution in [0.1, 0.15) is 11.3 Å². The van der Waals surface area contributed by atoms with E-state index in [2.05, 4.69) is 34.9 Å². The molecule has 0 spiro atoms. The van der Waals surface area contributed by atoms with E-state index in [1.807, 2.05) is 12.1 Å². The second-order valence-corrected chi connectivity index (χ2v) is 4.86. The number of aryl methyl sites for hydroxylation is 2. The van der Waals surface area contributed by atoms with Crippen molar-refractivity contribution in [3.05, 3.63) is 53.9 Å². The van der Waals surface area contributed by atoms with Crippen LogP contribution < -0.4 is 4.74 Å². The number of imidazole rings is 1. The minimum Gasteiger partial charge on any atom is -0.497 e. The quantitative estimate of drug-likeness (QED) is 0.663. The van der Waals surface area contributed by atoms with E-state index < -0.39 is 0 Å². The van der Waals surface area contributed by atoms with Crippen LogP contribution >= 0.6 is 0 Å². The van der Waals surface area contributed by atoms with Crippen molar-refractivity contribution in [3.63, 3.8) is 0 Å². The summed E-state index contributed by atoms with van der Waals surface area (Å²) in [6, 6.07) is 12.4. The zero-order valence-corrected chi connectivity index (χ0v) is 10.8. The molecule has 1 aliphatic rings. The number of nitrogens with zero attached hydrogens (tertiary/aromatic N) is 2. The molecule has 3 nitrogen and oxygen atoms in total. The molecule has 2 aromatic heterocycles. The van der Waals surface area contributed by atoms with Crippen molar-refractivity contribution in [2.75, 3.05) is 7.11 Å². The monoisotopic (exact) mass is 250 g/mol. The van der Waals surface area contributed by atoms with Gasteiger partial charge in [0.05, 0.1) is 18.5 Å². The van der Waals surface area contributed by atoms with Gasteiger partial charge in [-0.05, 0) is 42.7 Å². The van der Waals surface area contributed by atoms with Crippen molar-refractivity contribution < 1.29 is 4.74 Å². The molecule has 3 heteroatoms. The second kappa shape index (κ2) is 3.85. The molecule has 94 valence electrons. The molecule has 4 rings (SSSR count). The van der Waals surface area contributed by atoms with E-state index in [1.165, 1.54) is 16.8 Å². The van der Waals surface area contributed by atoms with Gasteiger partial charge < -0.3 is 9.14 Å². The van der Waals surface area contributed by atoms with Gasteiger partial charge >= 0.3 is 0 Å². The summed E-state index contributed by atoms with van der Waals surface area (Å²) >= 11 is 0. The van der Waals surface area contributed by atoms with Crippen LogP contribution in [0, 0.1) is 0 Å². The molecular weight excluding hydrogens is 236 g/mol. The minimum atomic E-state index is 0.892. The Bertz CT molecular complexity index is 774. The van der Waals surface area contributed by atoms with Gasteiger partial charge in [0.1, 0.15) is 11.4 Å². The van der Waals surface area contributed by atoms with Gasteiger partial charge in [-0.25, -0.2) is 4.98 Å². The van der Waals surface area contributed by atoms with Crippen molar-refractivity contribution in [2.45, 2.75) is 12.8 Å². The fourth-order valence-corrected chi connectivity index (χ4v) is 2.88. The van der Waals surface area contributed by atoms with Crippen LogP contribution in [-0.2, 0) is 12.8 Å². The number of pyridine rings is 1. The van der Waals surface area contributed by atoms with E-state index in [-0.39, 0.29) is 0 Å². The number of methoxy groups -OCH3 is 1. The Hall–Kier alpha value is -2.29. The predicted molar refractivity (Wildman–Crippen MR) is 74.6 cm³/mol. The Morgan fingerprint density at radius 1 is 1.16 bits per heavy atom. The highest BCUT2D eigenvalue weighted by atomic mass is 16.5. The molecule has 1 aromatic carbocycles. The maximum absolute atomic E-state index is 5.33. The van der Waals surface area contributed by atoms with Crippen molar-refractivity contribution in [2.24, 2.45) is 0 Å². The maximum Gasteiger partial charge on any atom is 0.137 e. The van der Waals surface area contributed by atoms with E-state index in [4.69, 9.17) is 9.72 Å². The smallest absolute Gasteiger partial charge is 0.137 e. The van der Waals surface area contributed by atoms with Gasteiger partial charge in [0.25, 0.3) is 0 Å². The molecule has 0 atom stereocenters. The van der Waals surface area contributed by atoms with Crippen LogP contribution in [-0.4, -0.2) is 16.5 Å². The highest BCUT2D eigenvalue weighted by molar-refractivity contribution is 5.73. The van der Waals surface area contributed by atoms with Crippen LogP contribution in [0.25, 0.3) is 16.9 Å². The summed E-state index contributed by atoms with van der Waals surface area (Å²) in [6.45, 7) is 0. The zero-order valence-electron chi connectivity index (χ0n) is 10.8. The van der Waals surface area contributed by atoms with E-state index in [9.17, 15) is 0 Å². The largest absolute Gasteiger partial charge is 0.497 e. The van der Waals surface area contributed by atoms with E-state index >= 15 is 0 Å². The molecule has 0 aliphatic heterocycles. The highest BCUT2D eigenvalue weighted by Crippen LogP contribution is 2.35. The average Bonchev–Trinajstić information content (AvgIpc) is 2.85. The molecular formula is C16H14N2O. The van der Waals surface area contributed by atoms with Crippen molar-refractivity contribution >= 4 is 5.65 Å². The average molecular weight is 250 g/mol. The van der Waals surface area contributed by atoms with Gasteiger partial charge in [-0.15, -0.1) is 0 Å². The first kappa shape index (κ1) is 10.6. The molecule has 0 unspecified atom stereocenters. The third kappa shape index (κ3) is 1.48. The fraction of sp³-hybridized carbons (Fsp3) is 0.188. The maximum atomic E-state index is 5.33. The van der Waals surface area contributed by atoms with Gasteiger partial charge in [0.15, 0.2) is 0 Å². The molecule has 0 bridgehead atoms. The van der Waals surface area contributed by atoms with Gasteiger partial charge in [0.2, 0.25) is 0 Å². The Labute approximate surface area is 111 Å². The van der Waals surface area contributed by atoms with Crippen LogP contribution in [0.3, 0.4) is 0 Å². The SMILES string of the molecule is COc1ccc2c(c1)-c1nc3ccccn3c1CC2. The molecule has 0 N–H and O–H groups in total. The zero-order chi connectivity index (χ0) is 12.8. The van der Waals surface area contributed by atoms with Gasteiger partial charge in [-0.3, -0.25) is 0 Å². The first-order valence-corrected chi connectivity index (χ1v) is 6.50. The topological polar surface area (TPSA) is 26.5 Å². The number of benzene rings is 1. The number of hydrogen-bond donors (Lipinski definition) is 0. The molecule has 3 aromatic rings. The fourth-order valence-electron chi connectivity index (χ4n) is 2.88. The molecule has 0 amide bonds. The summed E-state index contributed by atoms with van der Waals surface area (Å²) in [5, 5.41) is 0. The molecule has 0 radical (unpaired) electrons. The van der Waals surface area contributed by atoms with Gasteiger partial charge in [-0.1, -0.05) is 12.1 Å². The normalized spacial score (nSPS) is 13.1. The lowest BCUT2D eigenvalue weighted by Gasteiger charge is -2.16. The summed E-state index contributed by atoms with van der Waals surface area (Å²) in [7, 11) is 1.70. The molecule has 0 saturated carbocycles. The standard InChI is InChI=1S/C16H14N2O/c1-19-12-7-5-11-6-8-14-16(13(11)10-12)17-15-4-2-3-9-18(14)15/h2-5,7,9-10H,6,8H2,1H3. The first-order valence-electron chi connectivity index (χ1n) is 6.50. The Kier molecular flexibility index (Phi) is 2.15. The number of ether oxygens (including phenoxy) is 1. The summed E-state index contributed by atoms with van der Waals surface area (Å²) in [5.74, 6) is 0.892. The van der Waals surface area contributed by atoms with Gasteiger partial charge in [0, 0.05) is 11.8 Å². The molecule has 0 fully saturated rings. The number of rotatable bonds is 1. The third-order valence-corrected chi connectivity index (χ3v) is 3.83. The second-order valence-electron chi connectivity index (χ2n) is 4.86. The van der Waals surface area contributed by atoms with Crippen molar-refractivity contribution in [3.8, 4) is 17.0 Å². The number of fused-ring (bicyclic) bond motifs is 5. The third-order valence-electron chi connectivity index (χ3n) is 3.83. The van der Waals surface area contributed by atoms with Crippen LogP contribution in [0.5, 0.6) is 5.75 Å². The number of aromatic nitrogens is 2. The summed E-state index contributed by atoms with van der Waals surface area (Å²) in [4.78, 5) is 4.78. The Morgan fingerprint density at radius 2 is 2.11 bits per heavy atom. The number of hydrogen-bond acceptors (Lipinski definition) is 2. The molecule has 19 heavy (non-hydrogen) atoms. The van der Waals surface area contributed by atoms with Crippen LogP contribution in [0.15, 0.2) is 42.6 Å². The van der Waals surface area contributed by atoms with E-state index in [0.29, 0.717) is 0 Å². The summed E-state index contributed by atoms with van der Waals surface area (Å²) < 4.78 is 7.53. The lowest BCUT2D eigenvalue weighted by Crippen LogP contribution is -2.05. The summed E-state index contributed by atoms with van der Waals surface area (Å²) in [6.07, 6.45) is 4.20. The minimum absolute atomic E-state index is 0.892. The van der Waals surface area contributed by atoms with E-state index in [1.54, 1.807) is 7.11 Å². The predicted octanol–water partition coefficient (Wildman–Crippen LogP) is 3.11.